The summed E-state index contributed by atoms with van der Waals surface area (Å²) in [6, 6.07) is 3.71. The van der Waals surface area contributed by atoms with Crippen LogP contribution in [-0.2, 0) is 30.3 Å². The van der Waals surface area contributed by atoms with Gasteiger partial charge in [0.05, 0.1) is 5.92 Å². The highest BCUT2D eigenvalue weighted by atomic mass is 16.6. The van der Waals surface area contributed by atoms with Crippen LogP contribution >= 0.6 is 0 Å². The van der Waals surface area contributed by atoms with Gasteiger partial charge >= 0.3 is 23.9 Å². The lowest BCUT2D eigenvalue weighted by Crippen LogP contribution is -2.43. The van der Waals surface area contributed by atoms with Gasteiger partial charge in [0, 0.05) is 19.4 Å². The standard InChI is InChI=1S/C29H43NO8/c1-18(2)13-26(31)37-24-12-11-21(16-25(24)38-27(32)14-19(3)4)15-23(28(33)34)30-17-20(5)36-29(35)22-9-7-6-8-10-22/h11-12,16,18-20,22-23,30H,6-10,13-15,17H2,1-5H3,(H,33,34)/t20?,23-/m0/s1. The highest BCUT2D eigenvalue weighted by Gasteiger charge is 2.25. The first-order chi connectivity index (χ1) is 17.9. The zero-order valence-corrected chi connectivity index (χ0v) is 23.3. The second kappa shape index (κ2) is 15.5. The predicted octanol–water partition coefficient (Wildman–Crippen LogP) is 4.69. The third-order valence-electron chi connectivity index (χ3n) is 6.25. The molecule has 0 radical (unpaired) electrons. The van der Waals surface area contributed by atoms with E-state index in [0.29, 0.717) is 5.56 Å². The number of hydrogen-bond donors (Lipinski definition) is 2. The maximum absolute atomic E-state index is 12.4. The Morgan fingerprint density at radius 1 is 0.895 bits per heavy atom. The molecular weight excluding hydrogens is 490 g/mol. The molecule has 0 heterocycles. The van der Waals surface area contributed by atoms with E-state index < -0.39 is 30.1 Å². The Kier molecular flexibility index (Phi) is 12.7. The van der Waals surface area contributed by atoms with Crippen LogP contribution in [0.15, 0.2) is 18.2 Å². The monoisotopic (exact) mass is 533 g/mol. The topological polar surface area (TPSA) is 128 Å². The maximum atomic E-state index is 12.4. The molecule has 2 N–H and O–H groups in total. The molecule has 0 aromatic heterocycles. The van der Waals surface area contributed by atoms with Crippen molar-refractivity contribution in [3.63, 3.8) is 0 Å². The van der Waals surface area contributed by atoms with E-state index in [9.17, 15) is 24.3 Å². The highest BCUT2D eigenvalue weighted by Crippen LogP contribution is 2.30. The van der Waals surface area contributed by atoms with Crippen LogP contribution in [0.3, 0.4) is 0 Å². The zero-order chi connectivity index (χ0) is 28.2. The highest BCUT2D eigenvalue weighted by molar-refractivity contribution is 5.77. The Morgan fingerprint density at radius 2 is 1.47 bits per heavy atom. The van der Waals surface area contributed by atoms with Crippen molar-refractivity contribution < 1.29 is 38.5 Å². The van der Waals surface area contributed by atoms with Crippen molar-refractivity contribution in [1.82, 2.24) is 5.32 Å². The smallest absolute Gasteiger partial charge is 0.321 e. The van der Waals surface area contributed by atoms with E-state index in [1.807, 2.05) is 27.7 Å². The molecule has 9 nitrogen and oxygen atoms in total. The van der Waals surface area contributed by atoms with Crippen LogP contribution in [0, 0.1) is 17.8 Å². The zero-order valence-electron chi connectivity index (χ0n) is 23.3. The van der Waals surface area contributed by atoms with Gasteiger partial charge in [-0.15, -0.1) is 0 Å². The summed E-state index contributed by atoms with van der Waals surface area (Å²) >= 11 is 0. The molecule has 1 fully saturated rings. The van der Waals surface area contributed by atoms with Gasteiger partial charge in [0.15, 0.2) is 11.5 Å². The quantitative estimate of drug-likeness (QED) is 0.258. The van der Waals surface area contributed by atoms with E-state index in [1.165, 1.54) is 12.1 Å². The van der Waals surface area contributed by atoms with Crippen molar-refractivity contribution in [2.75, 3.05) is 6.54 Å². The van der Waals surface area contributed by atoms with Crippen molar-refractivity contribution in [3.05, 3.63) is 23.8 Å². The van der Waals surface area contributed by atoms with Gasteiger partial charge in [-0.05, 0) is 55.7 Å². The molecule has 1 unspecified atom stereocenters. The summed E-state index contributed by atoms with van der Waals surface area (Å²) in [5.74, 6) is -1.93. The van der Waals surface area contributed by atoms with Crippen LogP contribution < -0.4 is 14.8 Å². The van der Waals surface area contributed by atoms with E-state index in [-0.39, 0.29) is 61.0 Å². The average Bonchev–Trinajstić information content (AvgIpc) is 2.82. The summed E-state index contributed by atoms with van der Waals surface area (Å²) in [5, 5.41) is 12.7. The maximum Gasteiger partial charge on any atom is 0.321 e. The molecule has 9 heteroatoms. The number of esters is 3. The van der Waals surface area contributed by atoms with Gasteiger partial charge < -0.3 is 24.6 Å². The van der Waals surface area contributed by atoms with Crippen molar-refractivity contribution in [2.45, 2.75) is 98.1 Å². The van der Waals surface area contributed by atoms with Crippen LogP contribution in [-0.4, -0.2) is 47.7 Å². The Labute approximate surface area is 225 Å². The number of aliphatic carboxylic acids is 1. The molecule has 1 aromatic carbocycles. The van der Waals surface area contributed by atoms with E-state index in [1.54, 1.807) is 13.0 Å². The number of benzene rings is 1. The number of rotatable bonds is 14. The minimum atomic E-state index is -1.07. The third-order valence-corrected chi connectivity index (χ3v) is 6.25. The van der Waals surface area contributed by atoms with Crippen LogP contribution in [0.2, 0.25) is 0 Å². The minimum Gasteiger partial charge on any atom is -0.480 e. The largest absolute Gasteiger partial charge is 0.480 e. The lowest BCUT2D eigenvalue weighted by atomic mass is 9.89. The van der Waals surface area contributed by atoms with Gasteiger partial charge in [0.25, 0.3) is 0 Å². The molecule has 2 atom stereocenters. The number of carbonyl (C=O) groups is 4. The van der Waals surface area contributed by atoms with Gasteiger partial charge in [-0.3, -0.25) is 19.2 Å². The van der Waals surface area contributed by atoms with E-state index >= 15 is 0 Å². The molecule has 212 valence electrons. The summed E-state index contributed by atoms with van der Waals surface area (Å²) in [6.07, 6.45) is 4.84. The molecule has 1 aliphatic rings. The molecule has 38 heavy (non-hydrogen) atoms. The van der Waals surface area contributed by atoms with E-state index in [2.05, 4.69) is 5.32 Å². The van der Waals surface area contributed by atoms with Gasteiger partial charge in [-0.1, -0.05) is 53.0 Å². The van der Waals surface area contributed by atoms with Crippen molar-refractivity contribution in [3.8, 4) is 11.5 Å². The summed E-state index contributed by atoms with van der Waals surface area (Å²) in [7, 11) is 0. The Bertz CT molecular complexity index is 952. The number of carboxylic acid groups (broad SMARTS) is 1. The number of hydrogen-bond acceptors (Lipinski definition) is 8. The molecule has 0 bridgehead atoms. The van der Waals surface area contributed by atoms with Gasteiger partial charge in [-0.25, -0.2) is 0 Å². The normalized spacial score (nSPS) is 15.7. The summed E-state index contributed by atoms with van der Waals surface area (Å²) < 4.78 is 16.5. The molecule has 0 spiro atoms. The van der Waals surface area contributed by atoms with Crippen molar-refractivity contribution in [1.29, 1.82) is 0 Å². The fourth-order valence-electron chi connectivity index (χ4n) is 4.30. The number of nitrogens with one attached hydrogen (secondary N) is 1. The second-order valence-electron chi connectivity index (χ2n) is 11.0. The van der Waals surface area contributed by atoms with Crippen LogP contribution in [0.25, 0.3) is 0 Å². The summed E-state index contributed by atoms with van der Waals surface area (Å²) in [6.45, 7) is 9.47. The van der Waals surface area contributed by atoms with E-state index in [4.69, 9.17) is 14.2 Å². The minimum absolute atomic E-state index is 0.0733. The van der Waals surface area contributed by atoms with Crippen LogP contribution in [0.5, 0.6) is 11.5 Å². The molecule has 0 amide bonds. The average molecular weight is 534 g/mol. The fourth-order valence-corrected chi connectivity index (χ4v) is 4.30. The Hall–Kier alpha value is -2.94. The van der Waals surface area contributed by atoms with Crippen LogP contribution in [0.4, 0.5) is 0 Å². The second-order valence-corrected chi connectivity index (χ2v) is 11.0. The number of ether oxygens (including phenoxy) is 3. The summed E-state index contributed by atoms with van der Waals surface area (Å²) in [5.41, 5.74) is 0.577. The summed E-state index contributed by atoms with van der Waals surface area (Å²) in [4.78, 5) is 48.9. The lowest BCUT2D eigenvalue weighted by Gasteiger charge is -2.23. The first kappa shape index (κ1) is 31.3. The number of carboxylic acids is 1. The van der Waals surface area contributed by atoms with Crippen molar-refractivity contribution in [2.24, 2.45) is 17.8 Å². The molecule has 1 saturated carbocycles. The first-order valence-corrected chi connectivity index (χ1v) is 13.7. The van der Waals surface area contributed by atoms with Gasteiger partial charge in [-0.2, -0.15) is 0 Å². The molecule has 0 aliphatic heterocycles. The first-order valence-electron chi connectivity index (χ1n) is 13.7. The lowest BCUT2D eigenvalue weighted by molar-refractivity contribution is -0.154. The number of carbonyl (C=O) groups excluding carboxylic acids is 3. The molecule has 1 aromatic rings. The Morgan fingerprint density at radius 3 is 2.03 bits per heavy atom. The molecule has 2 rings (SSSR count). The van der Waals surface area contributed by atoms with E-state index in [0.717, 1.165) is 32.1 Å². The fraction of sp³-hybridized carbons (Fsp3) is 0.655. The molecule has 0 saturated heterocycles. The van der Waals surface area contributed by atoms with Gasteiger partial charge in [0.2, 0.25) is 0 Å². The Balaban J connectivity index is 2.07. The third kappa shape index (κ3) is 11.2. The molecule has 1 aliphatic carbocycles. The predicted molar refractivity (Wildman–Crippen MR) is 142 cm³/mol. The van der Waals surface area contributed by atoms with Gasteiger partial charge in [0.1, 0.15) is 12.1 Å². The SMILES string of the molecule is CC(C)CC(=O)Oc1ccc(C[C@H](NCC(C)OC(=O)C2CCCCC2)C(=O)O)cc1OC(=O)CC(C)C. The molecular formula is C29H43NO8. The van der Waals surface area contributed by atoms with Crippen LogP contribution in [0.1, 0.15) is 85.1 Å². The van der Waals surface area contributed by atoms with Crippen molar-refractivity contribution >= 4 is 23.9 Å².